The molecule has 0 aromatic heterocycles. The molecule has 1 unspecified atom stereocenters. The van der Waals surface area contributed by atoms with Crippen molar-refractivity contribution in [2.24, 2.45) is 11.3 Å². The van der Waals surface area contributed by atoms with Crippen LogP contribution in [0.2, 0.25) is 0 Å². The summed E-state index contributed by atoms with van der Waals surface area (Å²) in [4.78, 5) is 0. The average molecular weight is 783 g/mol. The first-order valence-corrected chi connectivity index (χ1v) is 22.0. The molecule has 0 N–H and O–H groups in total. The van der Waals surface area contributed by atoms with E-state index in [1.165, 1.54) is 50.1 Å². The van der Waals surface area contributed by atoms with Gasteiger partial charge in [-0.15, -0.1) is 0 Å². The summed E-state index contributed by atoms with van der Waals surface area (Å²) in [5.74, 6) is 0.480. The molecule has 0 fully saturated rings. The second kappa shape index (κ2) is 15.0. The Labute approximate surface area is 323 Å². The van der Waals surface area contributed by atoms with Gasteiger partial charge < -0.3 is 24.8 Å². The second-order valence-corrected chi connectivity index (χ2v) is 23.5. The van der Waals surface area contributed by atoms with Crippen molar-refractivity contribution in [3.8, 4) is 11.1 Å². The number of allylic oxidation sites excluding steroid dienone is 4. The van der Waals surface area contributed by atoms with Crippen molar-refractivity contribution < 1.29 is 46.1 Å². The van der Waals surface area contributed by atoms with E-state index >= 15 is 0 Å². The summed E-state index contributed by atoms with van der Waals surface area (Å²) >= 11 is -2.90. The average Bonchev–Trinajstić information content (AvgIpc) is 3.58. The molecular weight excluding hydrogens is 727 g/mol. The van der Waals surface area contributed by atoms with Crippen molar-refractivity contribution in [3.63, 3.8) is 0 Å². The maximum atomic E-state index is 2.69. The van der Waals surface area contributed by atoms with Crippen LogP contribution in [-0.2, 0) is 32.1 Å². The first-order valence-electron chi connectivity index (χ1n) is 18.1. The first-order chi connectivity index (χ1) is 22.5. The summed E-state index contributed by atoms with van der Waals surface area (Å²) in [6.07, 6.45) is 6.48. The van der Waals surface area contributed by atoms with Gasteiger partial charge in [0.1, 0.15) is 0 Å². The summed E-state index contributed by atoms with van der Waals surface area (Å²) < 4.78 is 3.78. The van der Waals surface area contributed by atoms with Gasteiger partial charge in [0.05, 0.1) is 0 Å². The third-order valence-electron chi connectivity index (χ3n) is 10.7. The molecule has 2 aliphatic carbocycles. The number of benzene rings is 4. The van der Waals surface area contributed by atoms with Crippen molar-refractivity contribution in [2.45, 2.75) is 104 Å². The SMILES string of the molecule is CCC1C=C(C(C)(C)C)C=[C]1[Zr+2](=[C](c1ccccc1)c1ccccc1)[CH]1c2cc(C)c(C(C)(C)C)cc2-c2cc(C(C)(C)C)c(C)cc21.[Cl-].[Cl-]. The Bertz CT molecular complexity index is 1850. The molecule has 0 saturated carbocycles. The first kappa shape index (κ1) is 40.5. The van der Waals surface area contributed by atoms with Crippen LogP contribution in [-0.4, -0.2) is 3.21 Å². The van der Waals surface area contributed by atoms with E-state index in [0.29, 0.717) is 9.54 Å². The summed E-state index contributed by atoms with van der Waals surface area (Å²) in [7, 11) is 0. The fourth-order valence-electron chi connectivity index (χ4n) is 8.35. The minimum Gasteiger partial charge on any atom is -1.00 e. The topological polar surface area (TPSA) is 0 Å². The van der Waals surface area contributed by atoms with Crippen LogP contribution < -0.4 is 24.8 Å². The van der Waals surface area contributed by atoms with E-state index in [9.17, 15) is 0 Å². The molecule has 0 bridgehead atoms. The van der Waals surface area contributed by atoms with Gasteiger partial charge in [-0.05, 0) is 0 Å². The molecule has 0 saturated heterocycles. The smallest absolute Gasteiger partial charge is 1.00 e. The Morgan fingerprint density at radius 1 is 0.600 bits per heavy atom. The van der Waals surface area contributed by atoms with Gasteiger partial charge in [0.2, 0.25) is 0 Å². The summed E-state index contributed by atoms with van der Waals surface area (Å²) in [6, 6.07) is 33.3. The molecule has 4 aromatic rings. The van der Waals surface area contributed by atoms with Crippen LogP contribution in [0.1, 0.15) is 124 Å². The zero-order chi connectivity index (χ0) is 34.8. The Morgan fingerprint density at radius 3 is 1.38 bits per heavy atom. The van der Waals surface area contributed by atoms with Gasteiger partial charge in [-0.3, -0.25) is 0 Å². The standard InChI is InChI=1S/C23H29.C13H10.C11H17.2ClH.Zr/c1-14-9-16-11-17-10-15(2)21(23(6,7)8)13-19(17)18(16)12-20(14)22(3,4)5;1-3-7-12(8-4-1)11-13-9-5-2-6-10-13;1-5-9-6-7-10(8-9)11(2,3)4;;;/h9-13H,1-8H3;1-10H;7-9H,5H2,1-4H3;2*1H;/q;;;;;+2/p-2. The number of rotatable bonds is 5. The van der Waals surface area contributed by atoms with E-state index in [4.69, 9.17) is 0 Å². The van der Waals surface area contributed by atoms with E-state index in [2.05, 4.69) is 180 Å². The fourth-order valence-corrected chi connectivity index (χ4v) is 18.1. The van der Waals surface area contributed by atoms with E-state index in [-0.39, 0.29) is 41.1 Å². The molecule has 4 aromatic carbocycles. The molecule has 0 nitrogen and oxygen atoms in total. The van der Waals surface area contributed by atoms with Crippen LogP contribution in [0.25, 0.3) is 11.1 Å². The van der Waals surface area contributed by atoms with Gasteiger partial charge in [0.15, 0.2) is 0 Å². The molecule has 0 aliphatic heterocycles. The Hall–Kier alpha value is -2.31. The predicted octanol–water partition coefficient (Wildman–Crippen LogP) is 6.76. The van der Waals surface area contributed by atoms with Crippen LogP contribution >= 0.6 is 0 Å². The molecule has 262 valence electrons. The van der Waals surface area contributed by atoms with Gasteiger partial charge in [-0.1, -0.05) is 0 Å². The summed E-state index contributed by atoms with van der Waals surface area (Å²) in [5, 5.41) is 0. The van der Waals surface area contributed by atoms with Crippen molar-refractivity contribution in [1.82, 2.24) is 0 Å². The van der Waals surface area contributed by atoms with Crippen molar-refractivity contribution in [3.05, 3.63) is 150 Å². The number of aryl methyl sites for hydroxylation is 2. The molecule has 0 radical (unpaired) electrons. The number of hydrogen-bond acceptors (Lipinski definition) is 0. The maximum absolute atomic E-state index is 2.90. The van der Waals surface area contributed by atoms with E-state index in [0.717, 1.165) is 6.42 Å². The molecular formula is C47H56Cl2Zr. The zero-order valence-electron chi connectivity index (χ0n) is 32.4. The van der Waals surface area contributed by atoms with E-state index < -0.39 is 21.3 Å². The minimum absolute atomic E-state index is 0. The number of hydrogen-bond donors (Lipinski definition) is 0. The maximum Gasteiger partial charge on any atom is -1.00 e. The van der Waals surface area contributed by atoms with Crippen LogP contribution in [0.4, 0.5) is 0 Å². The number of halogens is 2. The number of fused-ring (bicyclic) bond motifs is 3. The molecule has 6 rings (SSSR count). The van der Waals surface area contributed by atoms with E-state index in [1.54, 1.807) is 17.6 Å². The molecule has 0 amide bonds. The molecule has 50 heavy (non-hydrogen) atoms. The second-order valence-electron chi connectivity index (χ2n) is 17.4. The third-order valence-corrected chi connectivity index (χ3v) is 19.2. The van der Waals surface area contributed by atoms with Gasteiger partial charge in [-0.25, -0.2) is 0 Å². The van der Waals surface area contributed by atoms with Gasteiger partial charge in [0.25, 0.3) is 0 Å². The van der Waals surface area contributed by atoms with Gasteiger partial charge in [-0.2, -0.15) is 0 Å². The Balaban J connectivity index is 0.00000281. The largest absolute Gasteiger partial charge is 1.00 e. The Kier molecular flexibility index (Phi) is 12.1. The molecule has 3 heteroatoms. The monoisotopic (exact) mass is 780 g/mol. The zero-order valence-corrected chi connectivity index (χ0v) is 36.3. The van der Waals surface area contributed by atoms with Crippen LogP contribution in [0.5, 0.6) is 0 Å². The van der Waals surface area contributed by atoms with Crippen LogP contribution in [0.3, 0.4) is 0 Å². The van der Waals surface area contributed by atoms with Crippen molar-refractivity contribution in [2.75, 3.05) is 0 Å². The summed E-state index contributed by atoms with van der Waals surface area (Å²) in [6.45, 7) is 28.5. The summed E-state index contributed by atoms with van der Waals surface area (Å²) in [5.41, 5.74) is 16.5. The molecule has 1 atom stereocenters. The quantitative estimate of drug-likeness (QED) is 0.210. The third kappa shape index (κ3) is 7.59. The van der Waals surface area contributed by atoms with Crippen LogP contribution in [0, 0.1) is 25.2 Å². The molecule has 0 heterocycles. The van der Waals surface area contributed by atoms with Crippen LogP contribution in [0.15, 0.2) is 106 Å². The predicted molar refractivity (Wildman–Crippen MR) is 206 cm³/mol. The van der Waals surface area contributed by atoms with Crippen molar-refractivity contribution in [1.29, 1.82) is 0 Å². The minimum atomic E-state index is -2.90. The van der Waals surface area contributed by atoms with Crippen molar-refractivity contribution >= 4 is 3.21 Å². The van der Waals surface area contributed by atoms with Gasteiger partial charge in [0, 0.05) is 0 Å². The van der Waals surface area contributed by atoms with Gasteiger partial charge >= 0.3 is 301 Å². The molecule has 2 aliphatic rings. The van der Waals surface area contributed by atoms with E-state index in [1.807, 2.05) is 0 Å². The molecule has 0 spiro atoms. The normalized spacial score (nSPS) is 15.5. The Morgan fingerprint density at radius 2 is 1.02 bits per heavy atom. The fraction of sp³-hybridized carbons (Fsp3) is 0.383.